The monoisotopic (exact) mass is 433 g/mol. The highest BCUT2D eigenvalue weighted by Gasteiger charge is 2.28. The maximum atomic E-state index is 12.5. The maximum Gasteiger partial charge on any atom is 0.254 e. The Balaban J connectivity index is 1.50. The lowest BCUT2D eigenvalue weighted by molar-refractivity contribution is -0.130. The van der Waals surface area contributed by atoms with Crippen LogP contribution < -0.4 is 15.0 Å². The fourth-order valence-electron chi connectivity index (χ4n) is 3.36. The van der Waals surface area contributed by atoms with Crippen LogP contribution in [0.3, 0.4) is 0 Å². The minimum Gasteiger partial charge on any atom is -0.488 e. The molecule has 0 bridgehead atoms. The molecule has 0 saturated carbocycles. The smallest absolute Gasteiger partial charge is 0.254 e. The molecule has 1 atom stereocenters. The summed E-state index contributed by atoms with van der Waals surface area (Å²) in [6, 6.07) is 9.86. The average molecular weight is 434 g/mol. The third-order valence-corrected chi connectivity index (χ3v) is 6.67. The Labute approximate surface area is 176 Å². The predicted octanol–water partition coefficient (Wildman–Crippen LogP) is 1.35. The number of carbonyl (C=O) groups excluding carboxylic acids is 1. The molecule has 30 heavy (non-hydrogen) atoms. The molecule has 1 aliphatic heterocycles. The number of hydrogen-bond acceptors (Lipinski definition) is 5. The number of carbonyl (C=O) groups is 1. The quantitative estimate of drug-likeness (QED) is 0.711. The summed E-state index contributed by atoms with van der Waals surface area (Å²) in [5.74, 6) is 0.369. The number of nitrogens with one attached hydrogen (secondary N) is 1. The van der Waals surface area contributed by atoms with Crippen molar-refractivity contribution in [3.63, 3.8) is 0 Å². The van der Waals surface area contributed by atoms with Gasteiger partial charge < -0.3 is 14.2 Å². The van der Waals surface area contributed by atoms with E-state index in [1.54, 1.807) is 30.1 Å². The first-order valence-corrected chi connectivity index (χ1v) is 11.3. The second-order valence-corrected chi connectivity index (χ2v) is 9.33. The number of pyridine rings is 1. The number of nitrogens with zero attached hydrogens (tertiary/aromatic N) is 2. The molecule has 8 nitrogen and oxygen atoms in total. The SMILES string of the molecule is Cc1cccc(S(=O)(=O)NCCC(=O)N2CCC(Oc3cc(C)n(C)c(=O)c3)C2)c1. The number of hydrogen-bond donors (Lipinski definition) is 1. The summed E-state index contributed by atoms with van der Waals surface area (Å²) < 4.78 is 34.6. The maximum absolute atomic E-state index is 12.5. The van der Waals surface area contributed by atoms with Crippen LogP contribution in [0.2, 0.25) is 0 Å². The molecule has 0 aliphatic carbocycles. The molecular weight excluding hydrogens is 406 g/mol. The van der Waals surface area contributed by atoms with Crippen LogP contribution in [0, 0.1) is 13.8 Å². The molecular formula is C21H27N3O5S. The second-order valence-electron chi connectivity index (χ2n) is 7.56. The van der Waals surface area contributed by atoms with Crippen LogP contribution in [-0.4, -0.2) is 49.5 Å². The molecule has 162 valence electrons. The number of likely N-dealkylation sites (tertiary alicyclic amines) is 1. The molecule has 0 radical (unpaired) electrons. The van der Waals surface area contributed by atoms with Gasteiger partial charge in [-0.2, -0.15) is 0 Å². The van der Waals surface area contributed by atoms with Crippen molar-refractivity contribution in [2.75, 3.05) is 19.6 Å². The average Bonchev–Trinajstić information content (AvgIpc) is 3.14. The topological polar surface area (TPSA) is 97.7 Å². The van der Waals surface area contributed by atoms with E-state index in [-0.39, 0.29) is 35.4 Å². The van der Waals surface area contributed by atoms with Crippen molar-refractivity contribution < 1.29 is 17.9 Å². The molecule has 3 rings (SSSR count). The van der Waals surface area contributed by atoms with Crippen LogP contribution in [0.5, 0.6) is 5.75 Å². The Kier molecular flexibility index (Phi) is 6.62. The lowest BCUT2D eigenvalue weighted by atomic mass is 10.2. The summed E-state index contributed by atoms with van der Waals surface area (Å²) in [6.45, 7) is 4.64. The summed E-state index contributed by atoms with van der Waals surface area (Å²) in [6.07, 6.45) is 0.544. The fourth-order valence-corrected chi connectivity index (χ4v) is 4.50. The van der Waals surface area contributed by atoms with Crippen molar-refractivity contribution >= 4 is 15.9 Å². The molecule has 2 aromatic rings. The Bertz CT molecular complexity index is 1090. The van der Waals surface area contributed by atoms with Crippen LogP contribution in [0.4, 0.5) is 0 Å². The normalized spacial score (nSPS) is 16.6. The highest BCUT2D eigenvalue weighted by Crippen LogP contribution is 2.19. The van der Waals surface area contributed by atoms with Gasteiger partial charge in [-0.25, -0.2) is 13.1 Å². The van der Waals surface area contributed by atoms with E-state index in [4.69, 9.17) is 4.74 Å². The van der Waals surface area contributed by atoms with E-state index in [1.165, 1.54) is 16.7 Å². The van der Waals surface area contributed by atoms with Crippen molar-refractivity contribution in [3.8, 4) is 5.75 Å². The number of amides is 1. The van der Waals surface area contributed by atoms with Crippen LogP contribution in [0.25, 0.3) is 0 Å². The molecule has 0 spiro atoms. The van der Waals surface area contributed by atoms with E-state index in [0.717, 1.165) is 11.3 Å². The van der Waals surface area contributed by atoms with Gasteiger partial charge in [0.2, 0.25) is 15.9 Å². The molecule has 1 saturated heterocycles. The van der Waals surface area contributed by atoms with Gasteiger partial charge in [0.1, 0.15) is 11.9 Å². The highest BCUT2D eigenvalue weighted by atomic mass is 32.2. The van der Waals surface area contributed by atoms with Gasteiger partial charge in [-0.15, -0.1) is 0 Å². The Morgan fingerprint density at radius 1 is 1.23 bits per heavy atom. The third-order valence-electron chi connectivity index (χ3n) is 5.21. The fraction of sp³-hybridized carbons (Fsp3) is 0.429. The number of aryl methyl sites for hydroxylation is 2. The minimum absolute atomic E-state index is 0.0328. The lowest BCUT2D eigenvalue weighted by Crippen LogP contribution is -2.34. The van der Waals surface area contributed by atoms with Gasteiger partial charge in [0.25, 0.3) is 5.56 Å². The number of rotatable bonds is 7. The van der Waals surface area contributed by atoms with Crippen molar-refractivity contribution in [1.29, 1.82) is 0 Å². The van der Waals surface area contributed by atoms with Crippen molar-refractivity contribution in [2.45, 2.75) is 37.7 Å². The largest absolute Gasteiger partial charge is 0.488 e. The van der Waals surface area contributed by atoms with E-state index in [1.807, 2.05) is 19.9 Å². The van der Waals surface area contributed by atoms with Gasteiger partial charge in [0.05, 0.1) is 11.4 Å². The summed E-state index contributed by atoms with van der Waals surface area (Å²) in [5, 5.41) is 0. The first kappa shape index (κ1) is 22.0. The molecule has 1 fully saturated rings. The van der Waals surface area contributed by atoms with E-state index < -0.39 is 10.0 Å². The van der Waals surface area contributed by atoms with Gasteiger partial charge in [-0.3, -0.25) is 9.59 Å². The first-order chi connectivity index (χ1) is 14.2. The summed E-state index contributed by atoms with van der Waals surface area (Å²) in [7, 11) is -1.94. The zero-order chi connectivity index (χ0) is 21.9. The van der Waals surface area contributed by atoms with E-state index >= 15 is 0 Å². The van der Waals surface area contributed by atoms with Crippen LogP contribution in [0.15, 0.2) is 46.1 Å². The van der Waals surface area contributed by atoms with Crippen molar-refractivity contribution in [2.24, 2.45) is 7.05 Å². The first-order valence-electron chi connectivity index (χ1n) is 9.84. The highest BCUT2D eigenvalue weighted by molar-refractivity contribution is 7.89. The number of ether oxygens (including phenoxy) is 1. The zero-order valence-corrected chi connectivity index (χ0v) is 18.2. The number of sulfonamides is 1. The molecule has 1 aromatic heterocycles. The summed E-state index contributed by atoms with van der Waals surface area (Å²) in [4.78, 5) is 26.2. The van der Waals surface area contributed by atoms with E-state index in [9.17, 15) is 18.0 Å². The van der Waals surface area contributed by atoms with Gasteiger partial charge >= 0.3 is 0 Å². The Morgan fingerprint density at radius 2 is 2.00 bits per heavy atom. The third kappa shape index (κ3) is 5.28. The van der Waals surface area contributed by atoms with Gasteiger partial charge in [-0.1, -0.05) is 12.1 Å². The minimum atomic E-state index is -3.64. The molecule has 2 heterocycles. The molecule has 1 unspecified atom stereocenters. The number of aromatic nitrogens is 1. The van der Waals surface area contributed by atoms with Crippen molar-refractivity contribution in [1.82, 2.24) is 14.2 Å². The van der Waals surface area contributed by atoms with E-state index in [2.05, 4.69) is 4.72 Å². The van der Waals surface area contributed by atoms with Gasteiger partial charge in [0.15, 0.2) is 0 Å². The van der Waals surface area contributed by atoms with Gasteiger partial charge in [0, 0.05) is 44.7 Å². The summed E-state index contributed by atoms with van der Waals surface area (Å²) >= 11 is 0. The number of benzene rings is 1. The molecule has 1 N–H and O–H groups in total. The van der Waals surface area contributed by atoms with Gasteiger partial charge in [-0.05, 0) is 37.6 Å². The summed E-state index contributed by atoms with van der Waals surface area (Å²) in [5.41, 5.74) is 1.50. The molecule has 1 amide bonds. The lowest BCUT2D eigenvalue weighted by Gasteiger charge is -2.18. The van der Waals surface area contributed by atoms with Crippen LogP contribution in [-0.2, 0) is 21.9 Å². The molecule has 9 heteroatoms. The van der Waals surface area contributed by atoms with Crippen LogP contribution in [0.1, 0.15) is 24.1 Å². The standard InChI is InChI=1S/C21H27N3O5S/c1-15-5-4-6-19(11-15)30(27,28)22-9-7-20(25)24-10-8-17(14-24)29-18-12-16(2)23(3)21(26)13-18/h4-6,11-13,17,22H,7-10,14H2,1-3H3. The molecule has 1 aromatic carbocycles. The van der Waals surface area contributed by atoms with E-state index in [0.29, 0.717) is 25.3 Å². The Hall–Kier alpha value is -2.65. The van der Waals surface area contributed by atoms with Crippen molar-refractivity contribution in [3.05, 3.63) is 58.0 Å². The van der Waals surface area contributed by atoms with Crippen LogP contribution >= 0.6 is 0 Å². The second kappa shape index (κ2) is 9.01. The predicted molar refractivity (Wildman–Crippen MR) is 113 cm³/mol. The Morgan fingerprint density at radius 3 is 2.70 bits per heavy atom. The zero-order valence-electron chi connectivity index (χ0n) is 17.4. The molecule has 1 aliphatic rings.